The third-order valence-corrected chi connectivity index (χ3v) is 7.54. The molecule has 0 aliphatic carbocycles. The van der Waals surface area contributed by atoms with Crippen LogP contribution in [0.15, 0.2) is 18.6 Å². The van der Waals surface area contributed by atoms with Gasteiger partial charge < -0.3 is 33.5 Å². The van der Waals surface area contributed by atoms with Crippen molar-refractivity contribution >= 4 is 28.7 Å². The summed E-state index contributed by atoms with van der Waals surface area (Å²) in [6.45, 7) is 14.6. The number of morpholine rings is 1. The van der Waals surface area contributed by atoms with E-state index in [1.165, 1.54) is 6.33 Å². The number of fused-ring (bicyclic) bond motifs is 1. The third kappa shape index (κ3) is 5.64. The molecule has 3 fully saturated rings. The molecule has 3 aliphatic rings. The Hall–Kier alpha value is -2.02. The molecule has 3 saturated heterocycles. The Kier molecular flexibility index (Phi) is 7.15. The van der Waals surface area contributed by atoms with E-state index < -0.39 is 29.3 Å². The molecule has 11 nitrogen and oxygen atoms in total. The van der Waals surface area contributed by atoms with Crippen molar-refractivity contribution in [2.75, 3.05) is 39.3 Å². The summed E-state index contributed by atoms with van der Waals surface area (Å²) in [4.78, 5) is 25.0. The summed E-state index contributed by atoms with van der Waals surface area (Å²) in [5.74, 6) is -1.37. The van der Waals surface area contributed by atoms with Crippen LogP contribution in [0.4, 0.5) is 4.79 Å². The van der Waals surface area contributed by atoms with E-state index in [4.69, 9.17) is 30.5 Å². The van der Waals surface area contributed by atoms with E-state index in [0.29, 0.717) is 43.6 Å². The minimum absolute atomic E-state index is 0.0281. The Bertz CT molecular complexity index is 1170. The van der Waals surface area contributed by atoms with Crippen LogP contribution in [-0.4, -0.2) is 104 Å². The van der Waals surface area contributed by atoms with E-state index in [2.05, 4.69) is 21.8 Å². The van der Waals surface area contributed by atoms with Crippen molar-refractivity contribution in [2.24, 2.45) is 5.92 Å². The van der Waals surface area contributed by atoms with E-state index in [1.807, 2.05) is 37.6 Å². The summed E-state index contributed by atoms with van der Waals surface area (Å²) in [6, 6.07) is 1.86. The number of rotatable bonds is 5. The van der Waals surface area contributed by atoms with Gasteiger partial charge in [0.05, 0.1) is 31.2 Å². The lowest BCUT2D eigenvalue weighted by Crippen LogP contribution is -2.71. The van der Waals surface area contributed by atoms with Crippen molar-refractivity contribution < 1.29 is 28.8 Å². The molecule has 1 spiro atoms. The minimum atomic E-state index is -1.34. The monoisotopic (exact) mass is 551 g/mol. The second-order valence-corrected chi connectivity index (χ2v) is 12.5. The Morgan fingerprint density at radius 1 is 1.24 bits per heavy atom. The van der Waals surface area contributed by atoms with E-state index in [-0.39, 0.29) is 18.1 Å². The molecule has 0 unspecified atom stereocenters. The topological polar surface area (TPSA) is 111 Å². The summed E-state index contributed by atoms with van der Waals surface area (Å²) < 4.78 is 26.3. The van der Waals surface area contributed by atoms with Crippen LogP contribution in [0.1, 0.15) is 47.8 Å². The minimum Gasteiger partial charge on any atom is -0.444 e. The number of likely N-dealkylation sites (tertiary alicyclic amines) is 1. The van der Waals surface area contributed by atoms with Crippen LogP contribution in [0, 0.1) is 5.92 Å². The average molecular weight is 552 g/mol. The van der Waals surface area contributed by atoms with Crippen LogP contribution in [0.25, 0.3) is 11.0 Å². The fraction of sp³-hybridized carbons (Fsp3) is 0.731. The Labute approximate surface area is 227 Å². The van der Waals surface area contributed by atoms with Crippen LogP contribution in [-0.2, 0) is 18.9 Å². The van der Waals surface area contributed by atoms with Gasteiger partial charge in [-0.2, -0.15) is 0 Å². The zero-order chi connectivity index (χ0) is 27.5. The number of halogens is 1. The van der Waals surface area contributed by atoms with E-state index in [9.17, 15) is 9.90 Å². The molecule has 210 valence electrons. The van der Waals surface area contributed by atoms with Crippen LogP contribution >= 0.6 is 11.6 Å². The van der Waals surface area contributed by atoms with Crippen molar-refractivity contribution in [3.63, 3.8) is 0 Å². The number of aliphatic hydroxyl groups is 1. The number of ether oxygens (including phenoxy) is 4. The van der Waals surface area contributed by atoms with Gasteiger partial charge in [-0.3, -0.25) is 4.90 Å². The highest BCUT2D eigenvalue weighted by molar-refractivity contribution is 6.33. The van der Waals surface area contributed by atoms with Gasteiger partial charge in [0.15, 0.2) is 12.0 Å². The third-order valence-electron chi connectivity index (χ3n) is 7.23. The van der Waals surface area contributed by atoms with Crippen LogP contribution < -0.4 is 0 Å². The van der Waals surface area contributed by atoms with Gasteiger partial charge >= 0.3 is 6.09 Å². The molecule has 2 aromatic rings. The largest absolute Gasteiger partial charge is 0.444 e. The van der Waals surface area contributed by atoms with Crippen molar-refractivity contribution in [3.8, 4) is 0 Å². The first kappa shape index (κ1) is 27.5. The number of carbonyl (C=O) groups is 1. The zero-order valence-electron chi connectivity index (χ0n) is 22.9. The summed E-state index contributed by atoms with van der Waals surface area (Å²) in [5, 5.41) is 11.6. The standard InChI is InChI=1S/C26H38ClN5O6/c1-16-18(11-30-9-10-35-26(12-30)13-31(14-26)23(33)38-24(2,3)4)36-22(19(16)37-25(5,6)34)32-8-7-17-20(27)28-15-29-21(17)32/h7-8,15-16,18-19,22,34H,9-14H2,1-6H3/t16-,18-,19-,22-/m1/s1. The number of aromatic nitrogens is 3. The van der Waals surface area contributed by atoms with Gasteiger partial charge in [0.1, 0.15) is 34.4 Å². The molecular weight excluding hydrogens is 514 g/mol. The highest BCUT2D eigenvalue weighted by Gasteiger charge is 2.52. The lowest BCUT2D eigenvalue weighted by molar-refractivity contribution is -0.227. The second-order valence-electron chi connectivity index (χ2n) is 12.2. The molecule has 1 N–H and O–H groups in total. The van der Waals surface area contributed by atoms with Gasteiger partial charge in [-0.25, -0.2) is 14.8 Å². The SMILES string of the molecule is C[C@H]1[C@@H](OC(C)(C)O)[C@H](n2ccc3c(Cl)ncnc32)O[C@@H]1CN1CCOC2(C1)CN(C(=O)OC(C)(C)C)C2. The molecule has 12 heteroatoms. The summed E-state index contributed by atoms with van der Waals surface area (Å²) in [6.07, 6.45) is 1.88. The maximum absolute atomic E-state index is 12.4. The molecule has 3 aliphatic heterocycles. The Morgan fingerprint density at radius 2 is 1.97 bits per heavy atom. The molecule has 5 rings (SSSR count). The Morgan fingerprint density at radius 3 is 2.66 bits per heavy atom. The quantitative estimate of drug-likeness (QED) is 0.442. The molecule has 2 aromatic heterocycles. The molecule has 0 aromatic carbocycles. The van der Waals surface area contributed by atoms with Crippen molar-refractivity contribution in [1.82, 2.24) is 24.3 Å². The normalized spacial score (nSPS) is 28.2. The lowest BCUT2D eigenvalue weighted by Gasteiger charge is -2.53. The predicted octanol–water partition coefficient (Wildman–Crippen LogP) is 3.05. The lowest BCUT2D eigenvalue weighted by atomic mass is 9.91. The van der Waals surface area contributed by atoms with Gasteiger partial charge in [0.25, 0.3) is 0 Å². The van der Waals surface area contributed by atoms with Crippen LogP contribution in [0.5, 0.6) is 0 Å². The summed E-state index contributed by atoms with van der Waals surface area (Å²) in [7, 11) is 0. The highest BCUT2D eigenvalue weighted by Crippen LogP contribution is 2.41. The van der Waals surface area contributed by atoms with E-state index >= 15 is 0 Å². The molecule has 0 saturated carbocycles. The van der Waals surface area contributed by atoms with Crippen molar-refractivity contribution in [1.29, 1.82) is 0 Å². The number of hydrogen-bond acceptors (Lipinski definition) is 9. The number of carbonyl (C=O) groups excluding carboxylic acids is 1. The number of nitrogens with zero attached hydrogens (tertiary/aromatic N) is 5. The molecule has 38 heavy (non-hydrogen) atoms. The fourth-order valence-electron chi connectivity index (χ4n) is 5.56. The van der Waals surface area contributed by atoms with Gasteiger partial charge in [0, 0.05) is 31.7 Å². The second kappa shape index (κ2) is 9.87. The molecule has 0 radical (unpaired) electrons. The molecule has 4 atom stereocenters. The summed E-state index contributed by atoms with van der Waals surface area (Å²) >= 11 is 6.29. The van der Waals surface area contributed by atoms with Crippen LogP contribution in [0.3, 0.4) is 0 Å². The maximum atomic E-state index is 12.4. The molecule has 5 heterocycles. The average Bonchev–Trinajstić information content (AvgIpc) is 3.33. The van der Waals surface area contributed by atoms with Gasteiger partial charge in [-0.1, -0.05) is 18.5 Å². The van der Waals surface area contributed by atoms with Crippen molar-refractivity contribution in [3.05, 3.63) is 23.7 Å². The number of amides is 1. The van der Waals surface area contributed by atoms with E-state index in [0.717, 1.165) is 11.9 Å². The van der Waals surface area contributed by atoms with Crippen LogP contribution in [0.2, 0.25) is 5.15 Å². The highest BCUT2D eigenvalue weighted by atomic mass is 35.5. The van der Waals surface area contributed by atoms with Gasteiger partial charge in [-0.15, -0.1) is 0 Å². The first-order valence-electron chi connectivity index (χ1n) is 13.1. The van der Waals surface area contributed by atoms with Crippen molar-refractivity contribution in [2.45, 2.75) is 77.0 Å². The molecule has 0 bridgehead atoms. The first-order valence-corrected chi connectivity index (χ1v) is 13.5. The zero-order valence-corrected chi connectivity index (χ0v) is 23.6. The summed E-state index contributed by atoms with van der Waals surface area (Å²) in [5.41, 5.74) is -0.283. The molecule has 1 amide bonds. The smallest absolute Gasteiger partial charge is 0.410 e. The van der Waals surface area contributed by atoms with Gasteiger partial charge in [-0.05, 0) is 40.7 Å². The predicted molar refractivity (Wildman–Crippen MR) is 140 cm³/mol. The van der Waals surface area contributed by atoms with Gasteiger partial charge in [0.2, 0.25) is 0 Å². The molecular formula is C26H38ClN5O6. The number of hydrogen-bond donors (Lipinski definition) is 1. The maximum Gasteiger partial charge on any atom is 0.410 e. The van der Waals surface area contributed by atoms with E-state index in [1.54, 1.807) is 18.7 Å². The Balaban J connectivity index is 1.29. The fourth-order valence-corrected chi connectivity index (χ4v) is 5.75. The first-order chi connectivity index (χ1) is 17.7.